The third-order valence-electron chi connectivity index (χ3n) is 3.36. The Morgan fingerprint density at radius 1 is 1.47 bits per heavy atom. The number of rotatable bonds is 6. The van der Waals surface area contributed by atoms with Gasteiger partial charge in [-0.1, -0.05) is 20.3 Å². The van der Waals surface area contributed by atoms with E-state index in [1.54, 1.807) is 0 Å². The van der Waals surface area contributed by atoms with Gasteiger partial charge in [0.15, 0.2) is 0 Å². The summed E-state index contributed by atoms with van der Waals surface area (Å²) >= 11 is 0. The highest BCUT2D eigenvalue weighted by atomic mass is 16.5. The molecule has 5 nitrogen and oxygen atoms in total. The van der Waals surface area contributed by atoms with E-state index in [2.05, 4.69) is 13.8 Å². The number of aliphatic carboxylic acids is 1. The van der Waals surface area contributed by atoms with Crippen LogP contribution in [0.4, 0.5) is 0 Å². The minimum atomic E-state index is -0.833. The van der Waals surface area contributed by atoms with Crippen LogP contribution in [0.1, 0.15) is 46.5 Å². The van der Waals surface area contributed by atoms with Crippen LogP contribution in [0.2, 0.25) is 0 Å². The average Bonchev–Trinajstić information content (AvgIpc) is 2.66. The lowest BCUT2D eigenvalue weighted by Gasteiger charge is -2.26. The molecule has 1 rings (SSSR count). The van der Waals surface area contributed by atoms with Gasteiger partial charge in [-0.05, 0) is 26.3 Å². The van der Waals surface area contributed by atoms with Crippen LogP contribution in [0.15, 0.2) is 0 Å². The van der Waals surface area contributed by atoms with Crippen LogP contribution < -0.4 is 0 Å². The summed E-state index contributed by atoms with van der Waals surface area (Å²) in [5.74, 6) is -0.531. The summed E-state index contributed by atoms with van der Waals surface area (Å²) in [5, 5.41) is 17.4. The summed E-state index contributed by atoms with van der Waals surface area (Å²) in [5.41, 5.74) is 0. The lowest BCUT2D eigenvalue weighted by molar-refractivity contribution is -0.134. The molecular formula is C14H29NO4. The lowest BCUT2D eigenvalue weighted by Crippen LogP contribution is -2.36. The number of hydrogen-bond donors (Lipinski definition) is 2. The van der Waals surface area contributed by atoms with E-state index in [9.17, 15) is 5.11 Å². The summed E-state index contributed by atoms with van der Waals surface area (Å²) in [7, 11) is 1.98. The van der Waals surface area contributed by atoms with Crippen molar-refractivity contribution in [1.29, 1.82) is 0 Å². The highest BCUT2D eigenvalue weighted by Crippen LogP contribution is 2.27. The predicted octanol–water partition coefficient (Wildman–Crippen LogP) is 1.94. The van der Waals surface area contributed by atoms with Crippen molar-refractivity contribution in [3.63, 3.8) is 0 Å². The van der Waals surface area contributed by atoms with Crippen molar-refractivity contribution in [2.24, 2.45) is 5.92 Å². The zero-order valence-corrected chi connectivity index (χ0v) is 12.6. The molecule has 1 aliphatic heterocycles. The molecule has 1 aliphatic rings. The monoisotopic (exact) mass is 275 g/mol. The molecule has 0 radical (unpaired) electrons. The number of ether oxygens (including phenoxy) is 1. The van der Waals surface area contributed by atoms with Gasteiger partial charge < -0.3 is 14.9 Å². The van der Waals surface area contributed by atoms with Crippen molar-refractivity contribution in [3.05, 3.63) is 0 Å². The van der Waals surface area contributed by atoms with E-state index >= 15 is 0 Å². The molecule has 114 valence electrons. The fraction of sp³-hybridized carbons (Fsp3) is 0.929. The Hall–Kier alpha value is -0.650. The number of carboxylic acids is 1. The molecule has 0 aliphatic carbocycles. The Labute approximate surface area is 116 Å². The first-order valence-electron chi connectivity index (χ1n) is 7.13. The smallest absolute Gasteiger partial charge is 0.300 e. The van der Waals surface area contributed by atoms with E-state index < -0.39 is 5.97 Å². The van der Waals surface area contributed by atoms with E-state index in [1.807, 2.05) is 11.9 Å². The molecule has 0 spiro atoms. The highest BCUT2D eigenvalue weighted by Gasteiger charge is 2.35. The van der Waals surface area contributed by atoms with Crippen LogP contribution in [-0.2, 0) is 9.53 Å². The van der Waals surface area contributed by atoms with Crippen LogP contribution in [0.25, 0.3) is 0 Å². The van der Waals surface area contributed by atoms with Gasteiger partial charge >= 0.3 is 0 Å². The number of hydrogen-bond acceptors (Lipinski definition) is 4. The molecule has 0 amide bonds. The maximum Gasteiger partial charge on any atom is 0.300 e. The Kier molecular flexibility index (Phi) is 9.83. The van der Waals surface area contributed by atoms with Gasteiger partial charge in [0, 0.05) is 26.0 Å². The van der Waals surface area contributed by atoms with Crippen LogP contribution in [0.3, 0.4) is 0 Å². The van der Waals surface area contributed by atoms with Gasteiger partial charge in [-0.3, -0.25) is 9.69 Å². The number of nitrogens with zero attached hydrogens (tertiary/aromatic N) is 1. The minimum absolute atomic E-state index is 0.233. The van der Waals surface area contributed by atoms with Crippen molar-refractivity contribution in [1.82, 2.24) is 4.90 Å². The van der Waals surface area contributed by atoms with Crippen molar-refractivity contribution in [2.45, 2.75) is 58.8 Å². The molecule has 3 unspecified atom stereocenters. The summed E-state index contributed by atoms with van der Waals surface area (Å²) in [6.45, 7) is 7.21. The van der Waals surface area contributed by atoms with Gasteiger partial charge in [0.05, 0.1) is 6.10 Å². The van der Waals surface area contributed by atoms with Gasteiger partial charge in [-0.25, -0.2) is 0 Å². The first-order valence-corrected chi connectivity index (χ1v) is 7.13. The molecule has 0 aromatic heterocycles. The number of likely N-dealkylation sites (tertiary alicyclic amines) is 1. The van der Waals surface area contributed by atoms with E-state index in [-0.39, 0.29) is 12.3 Å². The number of unbranched alkanes of at least 4 members (excludes halogenated alkanes) is 1. The Balaban J connectivity index is 0.000000711. The Bertz CT molecular complexity index is 244. The fourth-order valence-corrected chi connectivity index (χ4v) is 2.26. The van der Waals surface area contributed by atoms with E-state index in [4.69, 9.17) is 14.6 Å². The third kappa shape index (κ3) is 7.50. The zero-order chi connectivity index (χ0) is 14.8. The largest absolute Gasteiger partial charge is 0.481 e. The maximum absolute atomic E-state index is 9.96. The molecule has 5 heteroatoms. The van der Waals surface area contributed by atoms with Crippen molar-refractivity contribution >= 4 is 5.97 Å². The number of carbonyl (C=O) groups is 1. The van der Waals surface area contributed by atoms with Gasteiger partial charge in [-0.15, -0.1) is 0 Å². The molecule has 2 N–H and O–H groups in total. The SMILES string of the molecule is CC(=O)O.CCCCOC(CC)C1CCN(C)C1O. The molecule has 1 heterocycles. The molecule has 1 saturated heterocycles. The first-order chi connectivity index (χ1) is 8.93. The van der Waals surface area contributed by atoms with Crippen LogP contribution >= 0.6 is 0 Å². The van der Waals surface area contributed by atoms with Crippen LogP contribution in [-0.4, -0.2) is 53.6 Å². The molecule has 19 heavy (non-hydrogen) atoms. The standard InChI is InChI=1S/C12H25NO2.C2H4O2/c1-4-6-9-15-11(5-2)10-7-8-13(3)12(10)14;1-2(3)4/h10-12,14H,4-9H2,1-3H3;1H3,(H,3,4). The fourth-order valence-electron chi connectivity index (χ4n) is 2.26. The summed E-state index contributed by atoms with van der Waals surface area (Å²) in [4.78, 5) is 11.0. The summed E-state index contributed by atoms with van der Waals surface area (Å²) in [6, 6.07) is 0. The van der Waals surface area contributed by atoms with Crippen molar-refractivity contribution < 1.29 is 19.7 Å². The second-order valence-electron chi connectivity index (χ2n) is 5.04. The topological polar surface area (TPSA) is 70.0 Å². The Morgan fingerprint density at radius 3 is 2.42 bits per heavy atom. The van der Waals surface area contributed by atoms with E-state index in [0.29, 0.717) is 5.92 Å². The maximum atomic E-state index is 9.96. The minimum Gasteiger partial charge on any atom is -0.481 e. The van der Waals surface area contributed by atoms with Gasteiger partial charge in [-0.2, -0.15) is 0 Å². The van der Waals surface area contributed by atoms with Gasteiger partial charge in [0.2, 0.25) is 0 Å². The molecule has 0 aromatic carbocycles. The molecular weight excluding hydrogens is 246 g/mol. The first kappa shape index (κ1) is 18.4. The predicted molar refractivity (Wildman–Crippen MR) is 75.0 cm³/mol. The summed E-state index contributed by atoms with van der Waals surface area (Å²) < 4.78 is 5.85. The van der Waals surface area contributed by atoms with Crippen LogP contribution in [0.5, 0.6) is 0 Å². The normalized spacial score (nSPS) is 24.7. The van der Waals surface area contributed by atoms with Crippen molar-refractivity contribution in [2.75, 3.05) is 20.2 Å². The van der Waals surface area contributed by atoms with E-state index in [0.717, 1.165) is 39.3 Å². The van der Waals surface area contributed by atoms with Crippen LogP contribution in [0, 0.1) is 5.92 Å². The van der Waals surface area contributed by atoms with Gasteiger partial charge in [0.25, 0.3) is 5.97 Å². The Morgan fingerprint density at radius 2 is 2.05 bits per heavy atom. The third-order valence-corrected chi connectivity index (χ3v) is 3.36. The second kappa shape index (κ2) is 10.2. The number of carboxylic acid groups (broad SMARTS) is 1. The molecule has 0 saturated carbocycles. The quantitative estimate of drug-likeness (QED) is 0.725. The average molecular weight is 275 g/mol. The molecule has 0 bridgehead atoms. The van der Waals surface area contributed by atoms with Crippen molar-refractivity contribution in [3.8, 4) is 0 Å². The molecule has 3 atom stereocenters. The number of aliphatic hydroxyl groups is 1. The number of aliphatic hydroxyl groups excluding tert-OH is 1. The second-order valence-corrected chi connectivity index (χ2v) is 5.04. The van der Waals surface area contributed by atoms with E-state index in [1.165, 1.54) is 6.42 Å². The molecule has 1 fully saturated rings. The van der Waals surface area contributed by atoms with Gasteiger partial charge in [0.1, 0.15) is 6.23 Å². The highest BCUT2D eigenvalue weighted by molar-refractivity contribution is 5.62. The molecule has 0 aromatic rings. The lowest BCUT2D eigenvalue weighted by atomic mass is 9.98. The summed E-state index contributed by atoms with van der Waals surface area (Å²) in [6.07, 6.45) is 4.27. The zero-order valence-electron chi connectivity index (χ0n) is 12.6.